The first-order chi connectivity index (χ1) is 17.2. The Balaban J connectivity index is 2.05. The Hall–Kier alpha value is -1.56. The highest BCUT2D eigenvalue weighted by Crippen LogP contribution is 2.24. The summed E-state index contributed by atoms with van der Waals surface area (Å²) < 4.78 is 5.36. The van der Waals surface area contributed by atoms with Crippen LogP contribution in [-0.4, -0.2) is 49.7 Å². The van der Waals surface area contributed by atoms with E-state index in [9.17, 15) is 9.59 Å². The third kappa shape index (κ3) is 16.7. The Bertz CT molecular complexity index is 541. The van der Waals surface area contributed by atoms with Gasteiger partial charge in [0, 0.05) is 31.6 Å². The Labute approximate surface area is 215 Å². The van der Waals surface area contributed by atoms with E-state index in [0.29, 0.717) is 19.7 Å². The highest BCUT2D eigenvalue weighted by molar-refractivity contribution is 5.67. The molecular weight excluding hydrogens is 438 g/mol. The van der Waals surface area contributed by atoms with Crippen molar-refractivity contribution in [2.24, 2.45) is 11.7 Å². The molecule has 0 aliphatic heterocycles. The summed E-state index contributed by atoms with van der Waals surface area (Å²) in [6, 6.07) is 0.108. The van der Waals surface area contributed by atoms with Crippen LogP contribution < -0.4 is 11.1 Å². The second-order valence-corrected chi connectivity index (χ2v) is 10.2. The van der Waals surface area contributed by atoms with Crippen LogP contribution in [0.15, 0.2) is 12.2 Å². The van der Waals surface area contributed by atoms with Crippen molar-refractivity contribution in [1.82, 2.24) is 10.2 Å². The SMILES string of the molecule is CCCCCCCCCCCCCCCCCCN(C=O)C1CC=CCC1COC(=O)NCCN. The van der Waals surface area contributed by atoms with Gasteiger partial charge in [-0.15, -0.1) is 0 Å². The first-order valence-corrected chi connectivity index (χ1v) is 14.7. The second kappa shape index (κ2) is 22.9. The minimum atomic E-state index is -0.431. The molecular formula is C29H55N3O3. The molecule has 6 heteroatoms. The number of ether oxygens (including phenoxy) is 1. The molecule has 0 saturated heterocycles. The van der Waals surface area contributed by atoms with Crippen LogP contribution in [0.3, 0.4) is 0 Å². The second-order valence-electron chi connectivity index (χ2n) is 10.2. The van der Waals surface area contributed by atoms with Gasteiger partial charge in [0.25, 0.3) is 0 Å². The molecule has 0 aromatic rings. The number of nitrogens with zero attached hydrogens (tertiary/aromatic N) is 1. The van der Waals surface area contributed by atoms with Gasteiger partial charge < -0.3 is 20.7 Å². The van der Waals surface area contributed by atoms with Gasteiger partial charge in [0.1, 0.15) is 0 Å². The van der Waals surface area contributed by atoms with Crippen molar-refractivity contribution < 1.29 is 14.3 Å². The molecule has 1 aliphatic carbocycles. The van der Waals surface area contributed by atoms with Crippen LogP contribution in [0, 0.1) is 5.92 Å². The number of nitrogens with one attached hydrogen (secondary N) is 1. The topological polar surface area (TPSA) is 84.7 Å². The van der Waals surface area contributed by atoms with Gasteiger partial charge in [0.05, 0.1) is 6.61 Å². The van der Waals surface area contributed by atoms with Gasteiger partial charge in [-0.2, -0.15) is 0 Å². The molecule has 35 heavy (non-hydrogen) atoms. The van der Waals surface area contributed by atoms with Crippen molar-refractivity contribution in [2.45, 2.75) is 129 Å². The molecule has 0 fully saturated rings. The summed E-state index contributed by atoms with van der Waals surface area (Å²) in [6.07, 6.45) is 28.0. The number of nitrogens with two attached hydrogens (primary N) is 1. The first kappa shape index (κ1) is 31.5. The fraction of sp³-hybridized carbons (Fsp3) is 0.862. The zero-order chi connectivity index (χ0) is 25.4. The number of rotatable bonds is 23. The van der Waals surface area contributed by atoms with Crippen LogP contribution in [0.2, 0.25) is 0 Å². The maximum atomic E-state index is 11.8. The van der Waals surface area contributed by atoms with E-state index in [2.05, 4.69) is 24.4 Å². The highest BCUT2D eigenvalue weighted by atomic mass is 16.5. The number of unbranched alkanes of at least 4 members (excludes halogenated alkanes) is 15. The molecule has 1 aliphatic rings. The predicted octanol–water partition coefficient (Wildman–Crippen LogP) is 6.73. The molecule has 3 N–H and O–H groups in total. The minimum Gasteiger partial charge on any atom is -0.449 e. The van der Waals surface area contributed by atoms with Crippen LogP contribution in [0.5, 0.6) is 0 Å². The summed E-state index contributed by atoms with van der Waals surface area (Å²) in [5.41, 5.74) is 5.40. The largest absolute Gasteiger partial charge is 0.449 e. The number of carbonyl (C=O) groups is 2. The van der Waals surface area contributed by atoms with Gasteiger partial charge >= 0.3 is 6.09 Å². The van der Waals surface area contributed by atoms with Crippen molar-refractivity contribution in [3.8, 4) is 0 Å². The Morgan fingerprint density at radius 3 is 1.91 bits per heavy atom. The first-order valence-electron chi connectivity index (χ1n) is 14.7. The van der Waals surface area contributed by atoms with Gasteiger partial charge in [-0.3, -0.25) is 4.79 Å². The van der Waals surface area contributed by atoms with Gasteiger partial charge in [-0.25, -0.2) is 4.79 Å². The fourth-order valence-corrected chi connectivity index (χ4v) is 4.99. The lowest BCUT2D eigenvalue weighted by molar-refractivity contribution is -0.121. The van der Waals surface area contributed by atoms with Crippen LogP contribution >= 0.6 is 0 Å². The molecule has 0 heterocycles. The summed E-state index contributed by atoms with van der Waals surface area (Å²) in [5, 5.41) is 2.63. The van der Waals surface area contributed by atoms with E-state index in [1.54, 1.807) is 0 Å². The number of allylic oxidation sites excluding steroid dienone is 1. The summed E-state index contributed by atoms with van der Waals surface area (Å²) in [7, 11) is 0. The van der Waals surface area contributed by atoms with Crippen molar-refractivity contribution in [3.05, 3.63) is 12.2 Å². The molecule has 1 rings (SSSR count). The molecule has 2 atom stereocenters. The Morgan fingerprint density at radius 2 is 1.40 bits per heavy atom. The molecule has 0 bridgehead atoms. The maximum Gasteiger partial charge on any atom is 0.407 e. The van der Waals surface area contributed by atoms with Crippen molar-refractivity contribution in [1.29, 1.82) is 0 Å². The standard InChI is InChI=1S/C29H55N3O3/c1-2-3-4-5-6-7-8-9-10-11-12-13-14-15-16-19-24-32(26-33)28-21-18-17-20-27(28)25-35-29(34)31-23-22-30/h17-18,26-28H,2-16,19-25,30H2,1H3,(H,31,34). The van der Waals surface area contributed by atoms with E-state index < -0.39 is 6.09 Å². The molecule has 6 nitrogen and oxygen atoms in total. The van der Waals surface area contributed by atoms with Gasteiger partial charge in [0.2, 0.25) is 6.41 Å². The highest BCUT2D eigenvalue weighted by Gasteiger charge is 2.28. The van der Waals surface area contributed by atoms with Crippen molar-refractivity contribution >= 4 is 12.5 Å². The molecule has 204 valence electrons. The smallest absolute Gasteiger partial charge is 0.407 e. The average molecular weight is 494 g/mol. The molecule has 2 unspecified atom stereocenters. The van der Waals surface area contributed by atoms with Crippen LogP contribution in [0.25, 0.3) is 0 Å². The normalized spacial score (nSPS) is 17.3. The van der Waals surface area contributed by atoms with Crippen LogP contribution in [-0.2, 0) is 9.53 Å². The predicted molar refractivity (Wildman–Crippen MR) is 146 cm³/mol. The quantitative estimate of drug-likeness (QED) is 0.0939. The molecule has 0 aromatic carbocycles. The number of hydrogen-bond acceptors (Lipinski definition) is 4. The van der Waals surface area contributed by atoms with Gasteiger partial charge in [-0.05, 0) is 19.3 Å². The summed E-state index contributed by atoms with van der Waals surface area (Å²) >= 11 is 0. The lowest BCUT2D eigenvalue weighted by Gasteiger charge is -2.35. The Morgan fingerprint density at radius 1 is 0.886 bits per heavy atom. The third-order valence-electron chi connectivity index (χ3n) is 7.20. The number of alkyl carbamates (subject to hydrolysis) is 1. The van der Waals surface area contributed by atoms with Crippen molar-refractivity contribution in [3.63, 3.8) is 0 Å². The van der Waals surface area contributed by atoms with Crippen LogP contribution in [0.1, 0.15) is 122 Å². The van der Waals surface area contributed by atoms with Gasteiger partial charge in [-0.1, -0.05) is 115 Å². The monoisotopic (exact) mass is 493 g/mol. The number of hydrogen-bond donors (Lipinski definition) is 2. The minimum absolute atomic E-state index is 0.108. The Kier molecular flexibility index (Phi) is 20.6. The maximum absolute atomic E-state index is 11.8. The van der Waals surface area contributed by atoms with E-state index in [4.69, 9.17) is 10.5 Å². The molecule has 0 saturated carbocycles. The summed E-state index contributed by atoms with van der Waals surface area (Å²) in [4.78, 5) is 25.5. The lowest BCUT2D eigenvalue weighted by Crippen LogP contribution is -2.43. The number of amides is 2. The molecule has 0 radical (unpaired) electrons. The molecule has 2 amide bonds. The van der Waals surface area contributed by atoms with E-state index in [1.165, 1.54) is 96.3 Å². The summed E-state index contributed by atoms with van der Waals surface area (Å²) in [6.45, 7) is 4.19. The average Bonchev–Trinajstić information content (AvgIpc) is 2.88. The lowest BCUT2D eigenvalue weighted by atomic mass is 9.88. The number of carbonyl (C=O) groups excluding carboxylic acids is 2. The zero-order valence-corrected chi connectivity index (χ0v) is 22.7. The zero-order valence-electron chi connectivity index (χ0n) is 22.7. The molecule has 0 aromatic heterocycles. The van der Waals surface area contributed by atoms with E-state index in [-0.39, 0.29) is 12.0 Å². The van der Waals surface area contributed by atoms with Gasteiger partial charge in [0.15, 0.2) is 0 Å². The van der Waals surface area contributed by atoms with Crippen molar-refractivity contribution in [2.75, 3.05) is 26.2 Å². The third-order valence-corrected chi connectivity index (χ3v) is 7.20. The van der Waals surface area contributed by atoms with Crippen LogP contribution in [0.4, 0.5) is 4.79 Å². The van der Waals surface area contributed by atoms with E-state index in [0.717, 1.165) is 32.2 Å². The summed E-state index contributed by atoms with van der Waals surface area (Å²) in [5.74, 6) is 0.148. The molecule has 0 spiro atoms. The van der Waals surface area contributed by atoms with E-state index in [1.807, 2.05) is 4.90 Å². The fourth-order valence-electron chi connectivity index (χ4n) is 4.99. The van der Waals surface area contributed by atoms with E-state index >= 15 is 0 Å².